The predicted molar refractivity (Wildman–Crippen MR) is 102 cm³/mol. The van der Waals surface area contributed by atoms with E-state index in [1.54, 1.807) is 17.0 Å². The van der Waals surface area contributed by atoms with E-state index < -0.39 is 0 Å². The minimum Gasteiger partial charge on any atom is -0.489 e. The minimum atomic E-state index is 0.0300. The van der Waals surface area contributed by atoms with Crippen molar-refractivity contribution < 1.29 is 9.53 Å². The Morgan fingerprint density at radius 3 is 2.69 bits per heavy atom. The van der Waals surface area contributed by atoms with Crippen molar-refractivity contribution in [3.8, 4) is 5.75 Å². The van der Waals surface area contributed by atoms with Crippen LogP contribution >= 0.6 is 11.6 Å². The molecule has 0 N–H and O–H groups in total. The van der Waals surface area contributed by atoms with Gasteiger partial charge in [0.25, 0.3) is 0 Å². The van der Waals surface area contributed by atoms with Crippen molar-refractivity contribution in [3.05, 3.63) is 47.2 Å². The lowest BCUT2D eigenvalue weighted by atomic mass is 10.2. The number of urea groups is 1. The van der Waals surface area contributed by atoms with Crippen LogP contribution in [0.4, 0.5) is 16.2 Å². The van der Waals surface area contributed by atoms with Crippen LogP contribution in [0.2, 0.25) is 5.02 Å². The summed E-state index contributed by atoms with van der Waals surface area (Å²) in [5, 5.41) is 0.610. The van der Waals surface area contributed by atoms with Crippen LogP contribution in [-0.2, 0) is 0 Å². The summed E-state index contributed by atoms with van der Waals surface area (Å²) in [7, 11) is 0. The third kappa shape index (κ3) is 3.29. The Morgan fingerprint density at radius 2 is 1.92 bits per heavy atom. The average molecular weight is 373 g/mol. The van der Waals surface area contributed by atoms with Crippen molar-refractivity contribution in [2.45, 2.75) is 6.92 Å². The van der Waals surface area contributed by atoms with Gasteiger partial charge >= 0.3 is 6.03 Å². The molecule has 2 aromatic rings. The molecule has 0 atom stereocenters. The first-order valence-corrected chi connectivity index (χ1v) is 9.16. The number of rotatable bonds is 1. The van der Waals surface area contributed by atoms with Gasteiger partial charge in [-0.15, -0.1) is 0 Å². The Hall–Kier alpha value is -2.47. The number of aromatic nitrogens is 1. The van der Waals surface area contributed by atoms with Crippen LogP contribution in [0.25, 0.3) is 0 Å². The number of hydrogen-bond donors (Lipinski definition) is 0. The minimum absolute atomic E-state index is 0.0300. The Morgan fingerprint density at radius 1 is 1.12 bits per heavy atom. The van der Waals surface area contributed by atoms with Crippen LogP contribution in [-0.4, -0.2) is 55.2 Å². The standard InChI is InChI=1S/C19H21ClN4O2/c1-14-12-16(4-5-21-14)22-6-8-23(9-7-22)19(25)24-10-11-26-18-13-15(20)2-3-17(18)24/h2-5,12-13H,6-11H2,1H3. The molecule has 0 spiro atoms. The molecule has 7 heteroatoms. The highest BCUT2D eigenvalue weighted by atomic mass is 35.5. The van der Waals surface area contributed by atoms with Gasteiger partial charge in [-0.05, 0) is 31.2 Å². The third-order valence-corrected chi connectivity index (χ3v) is 5.05. The van der Waals surface area contributed by atoms with Crippen LogP contribution in [0, 0.1) is 6.92 Å². The van der Waals surface area contributed by atoms with Crippen molar-refractivity contribution in [2.24, 2.45) is 0 Å². The van der Waals surface area contributed by atoms with Crippen LogP contribution < -0.4 is 14.5 Å². The van der Waals surface area contributed by atoms with Gasteiger partial charge < -0.3 is 14.5 Å². The number of aryl methyl sites for hydroxylation is 1. The summed E-state index contributed by atoms with van der Waals surface area (Å²) in [4.78, 5) is 23.3. The number of anilines is 2. The summed E-state index contributed by atoms with van der Waals surface area (Å²) in [6.45, 7) is 6.04. The van der Waals surface area contributed by atoms with Gasteiger partial charge in [0.2, 0.25) is 0 Å². The van der Waals surface area contributed by atoms with Gasteiger partial charge in [0.1, 0.15) is 12.4 Å². The molecule has 0 bridgehead atoms. The number of amides is 2. The SMILES string of the molecule is Cc1cc(N2CCN(C(=O)N3CCOc4cc(Cl)ccc43)CC2)ccn1. The lowest BCUT2D eigenvalue weighted by Crippen LogP contribution is -2.54. The van der Waals surface area contributed by atoms with E-state index >= 15 is 0 Å². The summed E-state index contributed by atoms with van der Waals surface area (Å²) < 4.78 is 5.65. The van der Waals surface area contributed by atoms with Crippen molar-refractivity contribution in [1.82, 2.24) is 9.88 Å². The van der Waals surface area contributed by atoms with E-state index in [0.717, 1.165) is 30.2 Å². The molecule has 4 rings (SSSR count). The lowest BCUT2D eigenvalue weighted by molar-refractivity contribution is 0.196. The maximum atomic E-state index is 13.0. The van der Waals surface area contributed by atoms with E-state index in [1.807, 2.05) is 30.2 Å². The van der Waals surface area contributed by atoms with E-state index in [9.17, 15) is 4.79 Å². The first-order valence-electron chi connectivity index (χ1n) is 8.78. The van der Waals surface area contributed by atoms with Crippen LogP contribution in [0.15, 0.2) is 36.5 Å². The number of carbonyl (C=O) groups is 1. The van der Waals surface area contributed by atoms with Gasteiger partial charge in [0.15, 0.2) is 0 Å². The Bertz CT molecular complexity index is 821. The summed E-state index contributed by atoms with van der Waals surface area (Å²) in [5.74, 6) is 0.669. The Balaban J connectivity index is 1.45. The molecule has 2 aliphatic rings. The van der Waals surface area contributed by atoms with E-state index in [4.69, 9.17) is 16.3 Å². The van der Waals surface area contributed by atoms with Gasteiger partial charge in [0, 0.05) is 54.8 Å². The van der Waals surface area contributed by atoms with Crippen LogP contribution in [0.3, 0.4) is 0 Å². The van der Waals surface area contributed by atoms with Crippen molar-refractivity contribution in [3.63, 3.8) is 0 Å². The molecule has 0 aliphatic carbocycles. The van der Waals surface area contributed by atoms with Gasteiger partial charge in [-0.2, -0.15) is 0 Å². The fourth-order valence-electron chi connectivity index (χ4n) is 3.45. The normalized spacial score (nSPS) is 16.9. The molecule has 1 fully saturated rings. The number of hydrogen-bond acceptors (Lipinski definition) is 4. The molecule has 1 saturated heterocycles. The number of pyridine rings is 1. The topological polar surface area (TPSA) is 48.9 Å². The number of nitrogens with zero attached hydrogens (tertiary/aromatic N) is 4. The number of ether oxygens (including phenoxy) is 1. The van der Waals surface area contributed by atoms with E-state index in [-0.39, 0.29) is 6.03 Å². The molecule has 2 aliphatic heterocycles. The zero-order valence-electron chi connectivity index (χ0n) is 14.7. The molecule has 26 heavy (non-hydrogen) atoms. The average Bonchev–Trinajstić information content (AvgIpc) is 2.67. The highest BCUT2D eigenvalue weighted by Gasteiger charge is 2.30. The summed E-state index contributed by atoms with van der Waals surface area (Å²) in [5.41, 5.74) is 2.96. The van der Waals surface area contributed by atoms with Gasteiger partial charge in [-0.1, -0.05) is 11.6 Å². The second-order valence-corrected chi connectivity index (χ2v) is 6.96. The molecular weight excluding hydrogens is 352 g/mol. The van der Waals surface area contributed by atoms with Crippen LogP contribution in [0.5, 0.6) is 5.75 Å². The fourth-order valence-corrected chi connectivity index (χ4v) is 3.61. The molecule has 1 aromatic heterocycles. The van der Waals surface area contributed by atoms with E-state index in [0.29, 0.717) is 37.0 Å². The third-order valence-electron chi connectivity index (χ3n) is 4.81. The molecule has 6 nitrogen and oxygen atoms in total. The van der Waals surface area contributed by atoms with Crippen LogP contribution in [0.1, 0.15) is 5.69 Å². The quantitative estimate of drug-likeness (QED) is 0.771. The highest BCUT2D eigenvalue weighted by Crippen LogP contribution is 2.34. The second-order valence-electron chi connectivity index (χ2n) is 6.52. The summed E-state index contributed by atoms with van der Waals surface area (Å²) in [6, 6.07) is 9.54. The molecule has 3 heterocycles. The first kappa shape index (κ1) is 17.0. The maximum Gasteiger partial charge on any atom is 0.324 e. The largest absolute Gasteiger partial charge is 0.489 e. The fraction of sp³-hybridized carbons (Fsp3) is 0.368. The number of halogens is 1. The number of fused-ring (bicyclic) bond motifs is 1. The predicted octanol–water partition coefficient (Wildman–Crippen LogP) is 3.18. The molecular formula is C19H21ClN4O2. The number of piperazine rings is 1. The van der Waals surface area contributed by atoms with Gasteiger partial charge in [-0.3, -0.25) is 9.88 Å². The number of carbonyl (C=O) groups excluding carboxylic acids is 1. The van der Waals surface area contributed by atoms with Crippen molar-refractivity contribution in [2.75, 3.05) is 49.1 Å². The summed E-state index contributed by atoms with van der Waals surface area (Å²) >= 11 is 6.03. The Labute approximate surface area is 157 Å². The van der Waals surface area contributed by atoms with Gasteiger partial charge in [0.05, 0.1) is 12.2 Å². The molecule has 2 amide bonds. The smallest absolute Gasteiger partial charge is 0.324 e. The molecule has 136 valence electrons. The summed E-state index contributed by atoms with van der Waals surface area (Å²) in [6.07, 6.45) is 1.83. The molecule has 0 radical (unpaired) electrons. The monoisotopic (exact) mass is 372 g/mol. The van der Waals surface area contributed by atoms with E-state index in [2.05, 4.69) is 16.0 Å². The van der Waals surface area contributed by atoms with E-state index in [1.165, 1.54) is 0 Å². The lowest BCUT2D eigenvalue weighted by Gasteiger charge is -2.39. The molecule has 0 saturated carbocycles. The first-order chi connectivity index (χ1) is 12.6. The zero-order valence-corrected chi connectivity index (χ0v) is 15.4. The second kappa shape index (κ2) is 7.03. The van der Waals surface area contributed by atoms with Gasteiger partial charge in [-0.25, -0.2) is 4.79 Å². The maximum absolute atomic E-state index is 13.0. The zero-order chi connectivity index (χ0) is 18.1. The highest BCUT2D eigenvalue weighted by molar-refractivity contribution is 6.30. The van der Waals surface area contributed by atoms with Crippen molar-refractivity contribution >= 4 is 29.0 Å². The molecule has 0 unspecified atom stereocenters. The molecule has 1 aromatic carbocycles. The Kier molecular flexibility index (Phi) is 4.59. The van der Waals surface area contributed by atoms with Crippen molar-refractivity contribution in [1.29, 1.82) is 0 Å². The number of benzene rings is 1.